The maximum Gasteiger partial charge on any atom is 0.182 e. The minimum Gasteiger partial charge on any atom is -0.481 e. The second kappa shape index (κ2) is 8.36. The van der Waals surface area contributed by atoms with E-state index in [9.17, 15) is 5.11 Å². The SMILES string of the molecule is CCC(O)(CC)C1Cc2nccc(-c3cc(Cl)cc4c3O[C@@H](c3onc5c3CNCC5)C4)c2C1. The molecule has 1 aliphatic carbocycles. The molecular weight excluding hydrogens is 450 g/mol. The molecule has 34 heavy (non-hydrogen) atoms. The smallest absolute Gasteiger partial charge is 0.182 e. The van der Waals surface area contributed by atoms with Crippen LogP contribution in [-0.4, -0.2) is 27.4 Å². The van der Waals surface area contributed by atoms with Crippen LogP contribution >= 0.6 is 11.6 Å². The number of fused-ring (bicyclic) bond motifs is 3. The molecule has 7 heteroatoms. The third kappa shape index (κ3) is 3.46. The zero-order valence-corrected chi connectivity index (χ0v) is 20.4. The molecule has 0 saturated carbocycles. The minimum absolute atomic E-state index is 0.167. The van der Waals surface area contributed by atoms with E-state index in [2.05, 4.69) is 35.4 Å². The molecule has 0 bridgehead atoms. The van der Waals surface area contributed by atoms with E-state index in [0.717, 1.165) is 90.3 Å². The van der Waals surface area contributed by atoms with Crippen LogP contribution in [0.4, 0.5) is 0 Å². The van der Waals surface area contributed by atoms with Crippen LogP contribution in [0.5, 0.6) is 5.75 Å². The monoisotopic (exact) mass is 479 g/mol. The van der Waals surface area contributed by atoms with Gasteiger partial charge in [-0.3, -0.25) is 4.98 Å². The van der Waals surface area contributed by atoms with Gasteiger partial charge in [0.2, 0.25) is 0 Å². The number of rotatable bonds is 5. The highest BCUT2D eigenvalue weighted by atomic mass is 35.5. The number of aromatic nitrogens is 2. The number of nitrogens with one attached hydrogen (secondary N) is 1. The molecule has 2 atom stereocenters. The number of aliphatic hydroxyl groups is 1. The lowest BCUT2D eigenvalue weighted by Gasteiger charge is -2.31. The van der Waals surface area contributed by atoms with E-state index in [4.69, 9.17) is 20.9 Å². The van der Waals surface area contributed by atoms with Crippen molar-refractivity contribution in [1.29, 1.82) is 0 Å². The molecule has 178 valence electrons. The van der Waals surface area contributed by atoms with Crippen LogP contribution in [0.15, 0.2) is 28.9 Å². The van der Waals surface area contributed by atoms with Crippen LogP contribution in [0.2, 0.25) is 5.02 Å². The highest BCUT2D eigenvalue weighted by Crippen LogP contribution is 2.48. The maximum atomic E-state index is 11.2. The molecule has 0 amide bonds. The predicted octanol–water partition coefficient (Wildman–Crippen LogP) is 4.98. The van der Waals surface area contributed by atoms with Crippen LogP contribution in [0, 0.1) is 5.92 Å². The Morgan fingerprint density at radius 1 is 1.12 bits per heavy atom. The molecule has 0 fully saturated rings. The van der Waals surface area contributed by atoms with E-state index < -0.39 is 5.60 Å². The molecule has 0 radical (unpaired) electrons. The van der Waals surface area contributed by atoms with Gasteiger partial charge in [0.25, 0.3) is 0 Å². The van der Waals surface area contributed by atoms with Gasteiger partial charge in [0.05, 0.1) is 11.3 Å². The van der Waals surface area contributed by atoms with Crippen molar-refractivity contribution in [3.05, 3.63) is 63.3 Å². The number of hydrogen-bond donors (Lipinski definition) is 2. The van der Waals surface area contributed by atoms with Gasteiger partial charge < -0.3 is 19.7 Å². The molecule has 6 rings (SSSR count). The van der Waals surface area contributed by atoms with E-state index in [1.165, 1.54) is 5.56 Å². The fraction of sp³-hybridized carbons (Fsp3) is 0.481. The van der Waals surface area contributed by atoms with Gasteiger partial charge in [-0.2, -0.15) is 0 Å². The summed E-state index contributed by atoms with van der Waals surface area (Å²) >= 11 is 6.61. The Balaban J connectivity index is 1.37. The molecule has 0 saturated heterocycles. The number of halogens is 1. The lowest BCUT2D eigenvalue weighted by atomic mass is 9.81. The Morgan fingerprint density at radius 2 is 1.97 bits per heavy atom. The van der Waals surface area contributed by atoms with Gasteiger partial charge in [0.1, 0.15) is 5.75 Å². The first-order valence-corrected chi connectivity index (χ1v) is 12.7. The van der Waals surface area contributed by atoms with Crippen molar-refractivity contribution in [2.75, 3.05) is 6.54 Å². The Bertz CT molecular complexity index is 1250. The topological polar surface area (TPSA) is 80.4 Å². The third-order valence-electron chi connectivity index (χ3n) is 8.14. The zero-order valence-electron chi connectivity index (χ0n) is 19.7. The summed E-state index contributed by atoms with van der Waals surface area (Å²) < 4.78 is 12.3. The molecule has 4 heterocycles. The van der Waals surface area contributed by atoms with Gasteiger partial charge in [0.15, 0.2) is 11.9 Å². The first-order valence-electron chi connectivity index (χ1n) is 12.4. The Kier molecular flexibility index (Phi) is 5.43. The zero-order chi connectivity index (χ0) is 23.4. The molecular formula is C27H30ClN3O3. The Morgan fingerprint density at radius 3 is 2.79 bits per heavy atom. The maximum absolute atomic E-state index is 11.2. The van der Waals surface area contributed by atoms with Gasteiger partial charge in [-0.25, -0.2) is 0 Å². The van der Waals surface area contributed by atoms with Crippen molar-refractivity contribution in [1.82, 2.24) is 15.5 Å². The lowest BCUT2D eigenvalue weighted by molar-refractivity contribution is -0.0222. The van der Waals surface area contributed by atoms with Crippen molar-refractivity contribution in [2.24, 2.45) is 5.92 Å². The molecule has 0 spiro atoms. The summed E-state index contributed by atoms with van der Waals surface area (Å²) in [6.45, 7) is 5.81. The molecule has 3 aliphatic rings. The van der Waals surface area contributed by atoms with Crippen LogP contribution in [0.3, 0.4) is 0 Å². The second-order valence-electron chi connectivity index (χ2n) is 9.85. The number of benzene rings is 1. The lowest BCUT2D eigenvalue weighted by Crippen LogP contribution is -2.37. The summed E-state index contributed by atoms with van der Waals surface area (Å²) in [6, 6.07) is 6.05. The summed E-state index contributed by atoms with van der Waals surface area (Å²) in [5, 5.41) is 19.6. The highest BCUT2D eigenvalue weighted by Gasteiger charge is 2.40. The first kappa shape index (κ1) is 22.1. The van der Waals surface area contributed by atoms with Crippen molar-refractivity contribution in [2.45, 2.75) is 70.6 Å². The second-order valence-corrected chi connectivity index (χ2v) is 10.3. The Labute approximate surface area is 204 Å². The van der Waals surface area contributed by atoms with E-state index in [-0.39, 0.29) is 12.0 Å². The fourth-order valence-corrected chi connectivity index (χ4v) is 6.28. The quantitative estimate of drug-likeness (QED) is 0.537. The van der Waals surface area contributed by atoms with Crippen LogP contribution in [-0.2, 0) is 32.2 Å². The number of nitrogens with zero attached hydrogens (tertiary/aromatic N) is 2. The summed E-state index contributed by atoms with van der Waals surface area (Å²) in [6.07, 6.45) is 6.32. The molecule has 2 aliphatic heterocycles. The Hall–Kier alpha value is -2.41. The summed E-state index contributed by atoms with van der Waals surface area (Å²) in [7, 11) is 0. The van der Waals surface area contributed by atoms with E-state index in [1.807, 2.05) is 18.3 Å². The van der Waals surface area contributed by atoms with Crippen molar-refractivity contribution in [3.8, 4) is 16.9 Å². The fourth-order valence-electron chi connectivity index (χ4n) is 6.04. The van der Waals surface area contributed by atoms with Crippen LogP contribution in [0.1, 0.15) is 66.6 Å². The van der Waals surface area contributed by atoms with Crippen LogP contribution < -0.4 is 10.1 Å². The normalized spacial score (nSPS) is 21.2. The van der Waals surface area contributed by atoms with Crippen molar-refractivity contribution in [3.63, 3.8) is 0 Å². The standard InChI is InChI=1S/C27H30ClN3O3/c1-3-27(32,4-2)16-11-19-18(5-8-30-23(19)12-16)20-13-17(28)9-15-10-24(33-25(15)20)26-21-14-29-7-6-22(21)31-34-26/h5,8-9,13,16,24,29,32H,3-4,6-7,10-12,14H2,1-2H3/t16?,24-/m1/s1. The molecule has 6 nitrogen and oxygen atoms in total. The first-order chi connectivity index (χ1) is 16.5. The van der Waals surface area contributed by atoms with E-state index in [0.29, 0.717) is 11.4 Å². The third-order valence-corrected chi connectivity index (χ3v) is 8.36. The van der Waals surface area contributed by atoms with Gasteiger partial charge >= 0.3 is 0 Å². The van der Waals surface area contributed by atoms with E-state index in [1.54, 1.807) is 0 Å². The van der Waals surface area contributed by atoms with Gasteiger partial charge in [0, 0.05) is 59.5 Å². The molecule has 3 aromatic rings. The van der Waals surface area contributed by atoms with Gasteiger partial charge in [-0.15, -0.1) is 0 Å². The molecule has 1 aromatic carbocycles. The molecule has 2 N–H and O–H groups in total. The number of ether oxygens (including phenoxy) is 1. The highest BCUT2D eigenvalue weighted by molar-refractivity contribution is 6.31. The van der Waals surface area contributed by atoms with Crippen LogP contribution in [0.25, 0.3) is 11.1 Å². The largest absolute Gasteiger partial charge is 0.481 e. The average Bonchev–Trinajstić information content (AvgIpc) is 3.58. The van der Waals surface area contributed by atoms with Crippen molar-refractivity contribution >= 4 is 11.6 Å². The molecule has 2 aromatic heterocycles. The minimum atomic E-state index is -0.671. The number of hydrogen-bond acceptors (Lipinski definition) is 6. The van der Waals surface area contributed by atoms with Gasteiger partial charge in [-0.05, 0) is 60.9 Å². The average molecular weight is 480 g/mol. The number of pyridine rings is 1. The van der Waals surface area contributed by atoms with Gasteiger partial charge in [-0.1, -0.05) is 30.6 Å². The van der Waals surface area contributed by atoms with E-state index >= 15 is 0 Å². The predicted molar refractivity (Wildman–Crippen MR) is 130 cm³/mol. The summed E-state index contributed by atoms with van der Waals surface area (Å²) in [5.41, 5.74) is 6.93. The van der Waals surface area contributed by atoms with Crippen molar-refractivity contribution < 1.29 is 14.4 Å². The summed E-state index contributed by atoms with van der Waals surface area (Å²) in [4.78, 5) is 4.68. The summed E-state index contributed by atoms with van der Waals surface area (Å²) in [5.74, 6) is 1.85. The molecule has 1 unspecified atom stereocenters.